The zero-order valence-electron chi connectivity index (χ0n) is 22.5. The summed E-state index contributed by atoms with van der Waals surface area (Å²) in [5.41, 5.74) is 9.77. The molecule has 1 aliphatic rings. The zero-order chi connectivity index (χ0) is 27.7. The number of fused-ring (bicyclic) bond motifs is 4. The van der Waals surface area contributed by atoms with Gasteiger partial charge in [-0.2, -0.15) is 11.3 Å². The third-order valence-corrected chi connectivity index (χ3v) is 10.6. The van der Waals surface area contributed by atoms with E-state index in [0.717, 1.165) is 10.6 Å². The van der Waals surface area contributed by atoms with Crippen molar-refractivity contribution in [2.24, 2.45) is 0 Å². The molecule has 0 fully saturated rings. The van der Waals surface area contributed by atoms with E-state index in [-0.39, 0.29) is 17.1 Å². The lowest BCUT2D eigenvalue weighted by molar-refractivity contribution is 0.0990. The smallest absolute Gasteiger partial charge is 0.198 e. The SMILES string of the molecule is Cc1ccc(N(c2ccc3c(c2)sc2cc(C=C4C(=O)c5cscc5C4=O)sc23)c2ccc(C)cc2C)c(C)c1. The van der Waals surface area contributed by atoms with Crippen LogP contribution in [0.2, 0.25) is 0 Å². The van der Waals surface area contributed by atoms with E-state index in [1.54, 1.807) is 39.5 Å². The highest BCUT2D eigenvalue weighted by atomic mass is 32.1. The Bertz CT molecular complexity index is 1970. The number of aryl methyl sites for hydroxylation is 4. The second kappa shape index (κ2) is 9.37. The fraction of sp³-hybridized carbons (Fsp3) is 0.118. The van der Waals surface area contributed by atoms with Crippen molar-refractivity contribution in [2.45, 2.75) is 27.7 Å². The van der Waals surface area contributed by atoms with Crippen LogP contribution < -0.4 is 4.90 Å². The first-order chi connectivity index (χ1) is 19.3. The fourth-order valence-corrected chi connectivity index (χ4v) is 8.92. The molecule has 3 aromatic carbocycles. The Hall–Kier alpha value is -3.84. The van der Waals surface area contributed by atoms with Crippen LogP contribution in [-0.4, -0.2) is 11.6 Å². The van der Waals surface area contributed by atoms with Gasteiger partial charge in [0.05, 0.1) is 10.3 Å². The van der Waals surface area contributed by atoms with Crippen molar-refractivity contribution in [3.8, 4) is 0 Å². The molecule has 0 saturated heterocycles. The van der Waals surface area contributed by atoms with Crippen LogP contribution in [0.3, 0.4) is 0 Å². The van der Waals surface area contributed by atoms with Gasteiger partial charge in [0, 0.05) is 58.6 Å². The summed E-state index contributed by atoms with van der Waals surface area (Å²) in [6.07, 6.45) is 1.77. The summed E-state index contributed by atoms with van der Waals surface area (Å²) in [5, 5.41) is 4.74. The predicted octanol–water partition coefficient (Wildman–Crippen LogP) is 10.3. The number of carbonyl (C=O) groups excluding carboxylic acids is 2. The Morgan fingerprint density at radius 3 is 1.90 bits per heavy atom. The van der Waals surface area contributed by atoms with Crippen LogP contribution in [-0.2, 0) is 0 Å². The predicted molar refractivity (Wildman–Crippen MR) is 172 cm³/mol. The van der Waals surface area contributed by atoms with E-state index in [1.165, 1.54) is 64.5 Å². The van der Waals surface area contributed by atoms with Crippen molar-refractivity contribution in [3.05, 3.63) is 115 Å². The summed E-state index contributed by atoms with van der Waals surface area (Å²) in [5.74, 6) is -0.323. The molecule has 0 saturated carbocycles. The van der Waals surface area contributed by atoms with Crippen molar-refractivity contribution in [3.63, 3.8) is 0 Å². The first kappa shape index (κ1) is 25.1. The minimum absolute atomic E-state index is 0.162. The van der Waals surface area contributed by atoms with E-state index >= 15 is 0 Å². The van der Waals surface area contributed by atoms with Crippen LogP contribution in [0.25, 0.3) is 25.6 Å². The number of thiophene rings is 3. The van der Waals surface area contributed by atoms with Crippen molar-refractivity contribution in [1.82, 2.24) is 0 Å². The monoisotopic (exact) mass is 575 g/mol. The Labute approximate surface area is 244 Å². The lowest BCUT2D eigenvalue weighted by Gasteiger charge is -2.29. The number of nitrogens with zero attached hydrogens (tertiary/aromatic N) is 1. The highest BCUT2D eigenvalue weighted by Crippen LogP contribution is 2.45. The normalized spacial score (nSPS) is 13.1. The largest absolute Gasteiger partial charge is 0.310 e. The van der Waals surface area contributed by atoms with Crippen LogP contribution >= 0.6 is 34.0 Å². The molecule has 0 aliphatic heterocycles. The zero-order valence-corrected chi connectivity index (χ0v) is 24.9. The Morgan fingerprint density at radius 1 is 0.675 bits per heavy atom. The highest BCUT2D eigenvalue weighted by molar-refractivity contribution is 7.33. The van der Waals surface area contributed by atoms with Gasteiger partial charge in [-0.1, -0.05) is 41.5 Å². The maximum Gasteiger partial charge on any atom is 0.198 e. The van der Waals surface area contributed by atoms with E-state index in [1.807, 2.05) is 0 Å². The first-order valence-corrected chi connectivity index (χ1v) is 15.6. The van der Waals surface area contributed by atoms with Crippen molar-refractivity contribution < 1.29 is 9.59 Å². The van der Waals surface area contributed by atoms with Gasteiger partial charge < -0.3 is 4.90 Å². The summed E-state index contributed by atoms with van der Waals surface area (Å²) < 4.78 is 3.57. The average molecular weight is 576 g/mol. The molecule has 7 rings (SSSR count). The maximum absolute atomic E-state index is 12.8. The molecule has 0 atom stereocenters. The Balaban J connectivity index is 1.32. The van der Waals surface area contributed by atoms with Gasteiger partial charge >= 0.3 is 0 Å². The number of hydrogen-bond acceptors (Lipinski definition) is 6. The molecule has 40 heavy (non-hydrogen) atoms. The van der Waals surface area contributed by atoms with Crippen LogP contribution in [0.5, 0.6) is 0 Å². The van der Waals surface area contributed by atoms with Gasteiger partial charge in [-0.05, 0) is 75.2 Å². The molecule has 0 radical (unpaired) electrons. The number of anilines is 3. The van der Waals surface area contributed by atoms with Crippen molar-refractivity contribution in [1.29, 1.82) is 0 Å². The summed E-state index contributed by atoms with van der Waals surface area (Å²) in [7, 11) is 0. The number of carbonyl (C=O) groups is 2. The van der Waals surface area contributed by atoms with E-state index in [4.69, 9.17) is 0 Å². The molecule has 0 unspecified atom stereocenters. The molecule has 0 spiro atoms. The minimum Gasteiger partial charge on any atom is -0.310 e. The molecule has 1 aliphatic carbocycles. The van der Waals surface area contributed by atoms with Gasteiger partial charge in [-0.3, -0.25) is 9.59 Å². The third kappa shape index (κ3) is 3.98. The number of Topliss-reactive ketones (excluding diaryl/α,β-unsaturated/α-hetero) is 2. The third-order valence-electron chi connectivity index (χ3n) is 7.52. The van der Waals surface area contributed by atoms with Crippen molar-refractivity contribution in [2.75, 3.05) is 4.90 Å². The number of benzene rings is 3. The topological polar surface area (TPSA) is 37.4 Å². The lowest BCUT2D eigenvalue weighted by Crippen LogP contribution is -2.12. The second-order valence-electron chi connectivity index (χ2n) is 10.5. The van der Waals surface area contributed by atoms with Crippen LogP contribution in [0, 0.1) is 27.7 Å². The molecule has 6 aromatic rings. The fourth-order valence-electron chi connectivity index (χ4n) is 5.60. The lowest BCUT2D eigenvalue weighted by atomic mass is 10.0. The molecule has 3 nitrogen and oxygen atoms in total. The summed E-state index contributed by atoms with van der Waals surface area (Å²) >= 11 is 4.79. The highest BCUT2D eigenvalue weighted by Gasteiger charge is 2.34. The molecule has 3 aromatic heterocycles. The molecule has 6 heteroatoms. The average Bonchev–Trinajstić information content (AvgIpc) is 3.67. The molecule has 0 N–H and O–H groups in total. The number of ketones is 2. The van der Waals surface area contributed by atoms with E-state index in [2.05, 4.69) is 93.3 Å². The van der Waals surface area contributed by atoms with Crippen molar-refractivity contribution >= 4 is 88.2 Å². The molecule has 3 heterocycles. The standard InChI is InChI=1S/C34H25NO2S3/c1-18-5-9-28(20(3)11-18)35(29-10-6-19(2)12-21(29)4)22-7-8-24-30(13-22)40-31-15-23(39-34(24)31)14-25-32(36)26-16-38-17-27(26)33(25)37/h5-17H,1-4H3. The molecular formula is C34H25NO2S3. The minimum atomic E-state index is -0.162. The van der Waals surface area contributed by atoms with Crippen LogP contribution in [0.1, 0.15) is 47.8 Å². The number of rotatable bonds is 4. The van der Waals surface area contributed by atoms with Gasteiger partial charge in [-0.15, -0.1) is 22.7 Å². The Kier molecular flexibility index (Phi) is 5.89. The van der Waals surface area contributed by atoms with Gasteiger partial charge in [0.1, 0.15) is 0 Å². The van der Waals surface area contributed by atoms with E-state index < -0.39 is 0 Å². The molecule has 0 bridgehead atoms. The summed E-state index contributed by atoms with van der Waals surface area (Å²) in [6.45, 7) is 8.61. The number of hydrogen-bond donors (Lipinski definition) is 0. The van der Waals surface area contributed by atoms with Gasteiger partial charge in [0.25, 0.3) is 0 Å². The maximum atomic E-state index is 12.8. The second-order valence-corrected chi connectivity index (χ2v) is 13.4. The quantitative estimate of drug-likeness (QED) is 0.155. The van der Waals surface area contributed by atoms with Gasteiger partial charge in [0.2, 0.25) is 0 Å². The van der Waals surface area contributed by atoms with Gasteiger partial charge in [-0.25, -0.2) is 0 Å². The van der Waals surface area contributed by atoms with Gasteiger partial charge in [0.15, 0.2) is 11.6 Å². The van der Waals surface area contributed by atoms with E-state index in [9.17, 15) is 9.59 Å². The van der Waals surface area contributed by atoms with Crippen LogP contribution in [0.4, 0.5) is 17.1 Å². The molecule has 0 amide bonds. The first-order valence-electron chi connectivity index (χ1n) is 13.1. The molecular weight excluding hydrogens is 551 g/mol. The molecule has 196 valence electrons. The summed E-state index contributed by atoms with van der Waals surface area (Å²) in [4.78, 5) is 28.9. The summed E-state index contributed by atoms with van der Waals surface area (Å²) in [6, 6.07) is 22.0. The Morgan fingerprint density at radius 2 is 1.30 bits per heavy atom. The van der Waals surface area contributed by atoms with E-state index in [0.29, 0.717) is 11.1 Å². The number of allylic oxidation sites excluding steroid dienone is 1. The van der Waals surface area contributed by atoms with Crippen LogP contribution in [0.15, 0.2) is 77.0 Å².